The quantitative estimate of drug-likeness (QED) is 0.593. The van der Waals surface area contributed by atoms with E-state index in [9.17, 15) is 9.59 Å². The Balaban J connectivity index is 2.78. The fourth-order valence-electron chi connectivity index (χ4n) is 1.73. The molecule has 0 atom stereocenters. The first-order valence-corrected chi connectivity index (χ1v) is 5.94. The highest BCUT2D eigenvalue weighted by Crippen LogP contribution is 2.10. The molecule has 3 heteroatoms. The average Bonchev–Trinajstić information content (AvgIpc) is 2.29. The van der Waals surface area contributed by atoms with E-state index >= 15 is 0 Å². The Morgan fingerprint density at radius 2 is 2.00 bits per heavy atom. The first kappa shape index (κ1) is 12.7. The molecule has 0 aliphatic rings. The van der Waals surface area contributed by atoms with Crippen LogP contribution < -0.4 is 5.56 Å². The molecule has 0 fully saturated rings. The van der Waals surface area contributed by atoms with Crippen molar-refractivity contribution in [3.63, 3.8) is 0 Å². The number of ketones is 1. The topological polar surface area (TPSA) is 49.9 Å². The van der Waals surface area contributed by atoms with Crippen LogP contribution in [0.5, 0.6) is 0 Å². The highest BCUT2D eigenvalue weighted by atomic mass is 16.1. The summed E-state index contributed by atoms with van der Waals surface area (Å²) in [5.74, 6) is 0.140. The van der Waals surface area contributed by atoms with Crippen molar-refractivity contribution in [2.24, 2.45) is 0 Å². The molecule has 0 bridgehead atoms. The van der Waals surface area contributed by atoms with Crippen LogP contribution in [-0.4, -0.2) is 10.8 Å². The molecule has 0 radical (unpaired) electrons. The second kappa shape index (κ2) is 6.26. The number of H-pyrrole nitrogens is 1. The summed E-state index contributed by atoms with van der Waals surface area (Å²) in [6.07, 6.45) is 4.38. The van der Waals surface area contributed by atoms with Gasteiger partial charge >= 0.3 is 0 Å². The second-order valence-corrected chi connectivity index (χ2v) is 3.95. The number of Topliss-reactive ketones (excluding diaryl/α,β-unsaturated/α-hetero) is 1. The molecular weight excluding hydrogens is 202 g/mol. The molecule has 0 aromatic carbocycles. The van der Waals surface area contributed by atoms with Crippen LogP contribution in [0.1, 0.15) is 55.6 Å². The van der Waals surface area contributed by atoms with Crippen molar-refractivity contribution in [2.45, 2.75) is 46.0 Å². The fourth-order valence-corrected chi connectivity index (χ4v) is 1.73. The Labute approximate surface area is 95.9 Å². The summed E-state index contributed by atoms with van der Waals surface area (Å²) in [5.41, 5.74) is 1.30. The standard InChI is InChI=1S/C13H19NO2/c1-3-5-6-7-12(15)10-8-9-13(16)14-11(10)4-2/h8-9H,3-7H2,1-2H3,(H,14,16). The first-order chi connectivity index (χ1) is 7.69. The van der Waals surface area contributed by atoms with Crippen LogP contribution >= 0.6 is 0 Å². The van der Waals surface area contributed by atoms with E-state index in [1.165, 1.54) is 6.07 Å². The van der Waals surface area contributed by atoms with Crippen molar-refractivity contribution in [1.82, 2.24) is 4.98 Å². The monoisotopic (exact) mass is 221 g/mol. The zero-order valence-corrected chi connectivity index (χ0v) is 10.0. The van der Waals surface area contributed by atoms with Crippen LogP contribution in [0.3, 0.4) is 0 Å². The number of rotatable bonds is 6. The number of nitrogens with one attached hydrogen (secondary N) is 1. The van der Waals surface area contributed by atoms with Gasteiger partial charge in [-0.3, -0.25) is 9.59 Å². The minimum absolute atomic E-state index is 0.137. The zero-order valence-electron chi connectivity index (χ0n) is 10.0. The molecule has 16 heavy (non-hydrogen) atoms. The zero-order chi connectivity index (χ0) is 12.0. The minimum atomic E-state index is -0.137. The van der Waals surface area contributed by atoms with Gasteiger partial charge < -0.3 is 4.98 Å². The fraction of sp³-hybridized carbons (Fsp3) is 0.538. The van der Waals surface area contributed by atoms with Crippen LogP contribution in [0.2, 0.25) is 0 Å². The van der Waals surface area contributed by atoms with Crippen LogP contribution in [0.15, 0.2) is 16.9 Å². The van der Waals surface area contributed by atoms with Crippen molar-refractivity contribution in [2.75, 3.05) is 0 Å². The van der Waals surface area contributed by atoms with Gasteiger partial charge in [-0.15, -0.1) is 0 Å². The third-order valence-corrected chi connectivity index (χ3v) is 2.66. The van der Waals surface area contributed by atoms with E-state index in [0.717, 1.165) is 25.0 Å². The third-order valence-electron chi connectivity index (χ3n) is 2.66. The van der Waals surface area contributed by atoms with Gasteiger partial charge in [0.25, 0.3) is 0 Å². The predicted molar refractivity (Wildman–Crippen MR) is 64.9 cm³/mol. The van der Waals surface area contributed by atoms with Gasteiger partial charge in [0.05, 0.1) is 0 Å². The molecule has 0 aliphatic heterocycles. The Bertz CT molecular complexity index is 407. The molecule has 3 nitrogen and oxygen atoms in total. The number of aromatic nitrogens is 1. The van der Waals surface area contributed by atoms with E-state index in [1.54, 1.807) is 6.07 Å². The van der Waals surface area contributed by atoms with E-state index in [1.807, 2.05) is 6.92 Å². The van der Waals surface area contributed by atoms with Gasteiger partial charge in [-0.2, -0.15) is 0 Å². The van der Waals surface area contributed by atoms with Gasteiger partial charge in [0.2, 0.25) is 5.56 Å². The smallest absolute Gasteiger partial charge is 0.248 e. The molecular formula is C13H19NO2. The SMILES string of the molecule is CCCCCC(=O)c1ccc(=O)[nH]c1CC. The highest BCUT2D eigenvalue weighted by molar-refractivity contribution is 5.96. The summed E-state index contributed by atoms with van der Waals surface area (Å²) in [6, 6.07) is 3.07. The van der Waals surface area contributed by atoms with Gasteiger partial charge in [-0.25, -0.2) is 0 Å². The van der Waals surface area contributed by atoms with E-state index in [0.29, 0.717) is 18.4 Å². The summed E-state index contributed by atoms with van der Waals surface area (Å²) < 4.78 is 0. The lowest BCUT2D eigenvalue weighted by Crippen LogP contribution is -2.13. The van der Waals surface area contributed by atoms with Crippen LogP contribution in [0.4, 0.5) is 0 Å². The Kier molecular flexibility index (Phi) is 4.96. The molecule has 1 aromatic rings. The van der Waals surface area contributed by atoms with Gasteiger partial charge in [0.15, 0.2) is 5.78 Å². The van der Waals surface area contributed by atoms with E-state index in [4.69, 9.17) is 0 Å². The first-order valence-electron chi connectivity index (χ1n) is 5.94. The number of hydrogen-bond acceptors (Lipinski definition) is 2. The lowest BCUT2D eigenvalue weighted by molar-refractivity contribution is 0.0978. The number of aryl methyl sites for hydroxylation is 1. The van der Waals surface area contributed by atoms with Crippen molar-refractivity contribution in [3.8, 4) is 0 Å². The summed E-state index contributed by atoms with van der Waals surface area (Å²) in [4.78, 5) is 25.7. The summed E-state index contributed by atoms with van der Waals surface area (Å²) in [6.45, 7) is 4.05. The molecule has 0 unspecified atom stereocenters. The van der Waals surface area contributed by atoms with E-state index < -0.39 is 0 Å². The number of pyridine rings is 1. The summed E-state index contributed by atoms with van der Waals surface area (Å²) in [7, 11) is 0. The summed E-state index contributed by atoms with van der Waals surface area (Å²) >= 11 is 0. The Morgan fingerprint density at radius 3 is 2.62 bits per heavy atom. The van der Waals surface area contributed by atoms with Crippen molar-refractivity contribution < 1.29 is 4.79 Å². The molecule has 0 aliphatic carbocycles. The minimum Gasteiger partial charge on any atom is -0.326 e. The second-order valence-electron chi connectivity index (χ2n) is 3.95. The van der Waals surface area contributed by atoms with Crippen LogP contribution in [-0.2, 0) is 6.42 Å². The molecule has 0 amide bonds. The Hall–Kier alpha value is -1.38. The molecule has 1 aromatic heterocycles. The van der Waals surface area contributed by atoms with E-state index in [-0.39, 0.29) is 11.3 Å². The van der Waals surface area contributed by atoms with Crippen molar-refractivity contribution in [3.05, 3.63) is 33.7 Å². The Morgan fingerprint density at radius 1 is 1.25 bits per heavy atom. The normalized spacial score (nSPS) is 10.4. The maximum absolute atomic E-state index is 11.9. The van der Waals surface area contributed by atoms with Crippen LogP contribution in [0.25, 0.3) is 0 Å². The molecule has 0 saturated carbocycles. The average molecular weight is 221 g/mol. The van der Waals surface area contributed by atoms with Crippen molar-refractivity contribution >= 4 is 5.78 Å². The number of carbonyl (C=O) groups excluding carboxylic acids is 1. The molecule has 88 valence electrons. The number of unbranched alkanes of at least 4 members (excludes halogenated alkanes) is 2. The highest BCUT2D eigenvalue weighted by Gasteiger charge is 2.10. The largest absolute Gasteiger partial charge is 0.326 e. The van der Waals surface area contributed by atoms with E-state index in [2.05, 4.69) is 11.9 Å². The maximum atomic E-state index is 11.9. The third kappa shape index (κ3) is 3.33. The number of carbonyl (C=O) groups is 1. The lowest BCUT2D eigenvalue weighted by atomic mass is 10.0. The number of hydrogen-bond donors (Lipinski definition) is 1. The van der Waals surface area contributed by atoms with Gasteiger partial charge in [0, 0.05) is 23.7 Å². The lowest BCUT2D eigenvalue weighted by Gasteiger charge is -2.05. The summed E-state index contributed by atoms with van der Waals surface area (Å²) in [5, 5.41) is 0. The van der Waals surface area contributed by atoms with Gasteiger partial charge in [-0.05, 0) is 18.9 Å². The number of aromatic amines is 1. The molecule has 0 spiro atoms. The predicted octanol–water partition coefficient (Wildman–Crippen LogP) is 2.70. The van der Waals surface area contributed by atoms with Crippen molar-refractivity contribution in [1.29, 1.82) is 0 Å². The van der Waals surface area contributed by atoms with Gasteiger partial charge in [-0.1, -0.05) is 26.7 Å². The maximum Gasteiger partial charge on any atom is 0.248 e. The molecule has 1 heterocycles. The van der Waals surface area contributed by atoms with Gasteiger partial charge in [0.1, 0.15) is 0 Å². The molecule has 1 N–H and O–H groups in total. The van der Waals surface area contributed by atoms with Crippen LogP contribution in [0, 0.1) is 0 Å². The molecule has 0 saturated heterocycles. The molecule has 1 rings (SSSR count).